The predicted molar refractivity (Wildman–Crippen MR) is 83.5 cm³/mol. The smallest absolute Gasteiger partial charge is 0.123 e. The minimum absolute atomic E-state index is 0.0982. The number of allylic oxidation sites excluding steroid dienone is 2. The summed E-state index contributed by atoms with van der Waals surface area (Å²) in [6.07, 6.45) is 7.52. The number of carbonyl (C=O) groups is 1. The Balaban J connectivity index is 2.21. The summed E-state index contributed by atoms with van der Waals surface area (Å²) in [5, 5.41) is 0. The summed E-state index contributed by atoms with van der Waals surface area (Å²) >= 11 is 0. The number of rotatable bonds is 10. The van der Waals surface area contributed by atoms with Crippen molar-refractivity contribution in [1.29, 1.82) is 0 Å². The summed E-state index contributed by atoms with van der Waals surface area (Å²) in [6, 6.07) is 10.1. The average molecular weight is 272 g/mol. The molecule has 0 spiro atoms. The number of hydrogen-bond acceptors (Lipinski definition) is 2. The van der Waals surface area contributed by atoms with E-state index in [1.807, 2.05) is 18.2 Å². The molecule has 2 heteroatoms. The van der Waals surface area contributed by atoms with Crippen molar-refractivity contribution in [2.24, 2.45) is 5.92 Å². The normalized spacial score (nSPS) is 12.9. The summed E-state index contributed by atoms with van der Waals surface area (Å²) in [4.78, 5) is 10.8. The quantitative estimate of drug-likeness (QED) is 0.360. The molecule has 20 heavy (non-hydrogen) atoms. The summed E-state index contributed by atoms with van der Waals surface area (Å²) in [7, 11) is 0. The zero-order valence-electron chi connectivity index (χ0n) is 12.3. The molecular weight excluding hydrogens is 248 g/mol. The highest BCUT2D eigenvalue weighted by atomic mass is 16.5. The second kappa shape index (κ2) is 10.2. The van der Waals surface area contributed by atoms with Crippen molar-refractivity contribution in [3.8, 4) is 0 Å². The standard InChI is InChI=1S/C18H24O2/c1-3-7-17(14-19)11-10-16(2)12-13-20-15-18-8-5-4-6-9-18/h3-6,8-9,12,14,17H,1,7,10-11,13,15H2,2H3/b16-12+. The third-order valence-electron chi connectivity index (χ3n) is 3.23. The van der Waals surface area contributed by atoms with Gasteiger partial charge in [-0.15, -0.1) is 6.58 Å². The molecule has 0 radical (unpaired) electrons. The second-order valence-electron chi connectivity index (χ2n) is 5.01. The van der Waals surface area contributed by atoms with Crippen LogP contribution in [0.3, 0.4) is 0 Å². The van der Waals surface area contributed by atoms with Gasteiger partial charge >= 0.3 is 0 Å². The van der Waals surface area contributed by atoms with Crippen molar-refractivity contribution in [2.45, 2.75) is 32.8 Å². The van der Waals surface area contributed by atoms with Crippen LogP contribution in [0.4, 0.5) is 0 Å². The third kappa shape index (κ3) is 7.05. The largest absolute Gasteiger partial charge is 0.373 e. The van der Waals surface area contributed by atoms with Crippen molar-refractivity contribution in [3.05, 3.63) is 60.2 Å². The Labute approximate surface area is 122 Å². The predicted octanol–water partition coefficient (Wildman–Crippen LogP) is 4.32. The van der Waals surface area contributed by atoms with Gasteiger partial charge in [0.1, 0.15) is 6.29 Å². The van der Waals surface area contributed by atoms with E-state index >= 15 is 0 Å². The number of ether oxygens (including phenoxy) is 1. The molecule has 108 valence electrons. The fourth-order valence-electron chi connectivity index (χ4n) is 1.92. The molecule has 0 aromatic heterocycles. The Bertz CT molecular complexity index is 420. The molecule has 0 aliphatic rings. The van der Waals surface area contributed by atoms with E-state index in [9.17, 15) is 4.79 Å². The number of carbonyl (C=O) groups excluding carboxylic acids is 1. The highest BCUT2D eigenvalue weighted by molar-refractivity contribution is 5.53. The van der Waals surface area contributed by atoms with Crippen molar-refractivity contribution >= 4 is 6.29 Å². The van der Waals surface area contributed by atoms with Crippen LogP contribution in [0, 0.1) is 5.92 Å². The second-order valence-corrected chi connectivity index (χ2v) is 5.01. The Hall–Kier alpha value is -1.67. The number of hydrogen-bond donors (Lipinski definition) is 0. The van der Waals surface area contributed by atoms with Crippen LogP contribution in [0.15, 0.2) is 54.6 Å². The molecule has 0 heterocycles. The molecule has 0 saturated carbocycles. The van der Waals surface area contributed by atoms with Gasteiger partial charge in [-0.1, -0.05) is 48.1 Å². The van der Waals surface area contributed by atoms with E-state index in [1.165, 1.54) is 11.1 Å². The summed E-state index contributed by atoms with van der Waals surface area (Å²) in [6.45, 7) is 7.01. The Morgan fingerprint density at radius 3 is 2.75 bits per heavy atom. The van der Waals surface area contributed by atoms with E-state index in [0.717, 1.165) is 25.5 Å². The first-order valence-electron chi connectivity index (χ1n) is 7.09. The van der Waals surface area contributed by atoms with Crippen LogP contribution in [0.25, 0.3) is 0 Å². The molecule has 0 amide bonds. The molecule has 2 nitrogen and oxygen atoms in total. The van der Waals surface area contributed by atoms with Crippen molar-refractivity contribution in [3.63, 3.8) is 0 Å². The zero-order chi connectivity index (χ0) is 14.6. The molecule has 1 atom stereocenters. The van der Waals surface area contributed by atoms with Crippen LogP contribution in [0.5, 0.6) is 0 Å². The van der Waals surface area contributed by atoms with E-state index in [-0.39, 0.29) is 5.92 Å². The zero-order valence-corrected chi connectivity index (χ0v) is 12.3. The lowest BCUT2D eigenvalue weighted by molar-refractivity contribution is -0.111. The van der Waals surface area contributed by atoms with Crippen molar-refractivity contribution in [2.75, 3.05) is 6.61 Å². The maximum Gasteiger partial charge on any atom is 0.123 e. The molecule has 0 fully saturated rings. The van der Waals surface area contributed by atoms with E-state index in [4.69, 9.17) is 4.74 Å². The van der Waals surface area contributed by atoms with Gasteiger partial charge in [0.15, 0.2) is 0 Å². The molecule has 0 aliphatic heterocycles. The van der Waals surface area contributed by atoms with E-state index in [0.29, 0.717) is 13.2 Å². The van der Waals surface area contributed by atoms with E-state index < -0.39 is 0 Å². The lowest BCUT2D eigenvalue weighted by atomic mass is 9.98. The van der Waals surface area contributed by atoms with Crippen LogP contribution in [-0.4, -0.2) is 12.9 Å². The Morgan fingerprint density at radius 1 is 1.35 bits per heavy atom. The molecule has 0 N–H and O–H groups in total. The first-order chi connectivity index (χ1) is 9.76. The molecular formula is C18H24O2. The minimum atomic E-state index is 0.0982. The number of aldehydes is 1. The van der Waals surface area contributed by atoms with Gasteiger partial charge < -0.3 is 9.53 Å². The maximum absolute atomic E-state index is 10.8. The SMILES string of the molecule is C=CCC(C=O)CC/C(C)=C/COCc1ccccc1. The lowest BCUT2D eigenvalue weighted by Crippen LogP contribution is -2.01. The van der Waals surface area contributed by atoms with Crippen LogP contribution in [0.1, 0.15) is 31.7 Å². The summed E-state index contributed by atoms with van der Waals surface area (Å²) < 4.78 is 5.61. The summed E-state index contributed by atoms with van der Waals surface area (Å²) in [5.41, 5.74) is 2.46. The Morgan fingerprint density at radius 2 is 2.10 bits per heavy atom. The van der Waals surface area contributed by atoms with Crippen molar-refractivity contribution in [1.82, 2.24) is 0 Å². The van der Waals surface area contributed by atoms with Gasteiger partial charge in [0.05, 0.1) is 13.2 Å². The van der Waals surface area contributed by atoms with Crippen LogP contribution in [-0.2, 0) is 16.1 Å². The van der Waals surface area contributed by atoms with Crippen LogP contribution < -0.4 is 0 Å². The maximum atomic E-state index is 10.8. The van der Waals surface area contributed by atoms with Gasteiger partial charge in [0, 0.05) is 5.92 Å². The molecule has 1 unspecified atom stereocenters. The first-order valence-corrected chi connectivity index (χ1v) is 7.09. The molecule has 0 bridgehead atoms. The molecule has 1 aromatic carbocycles. The molecule has 0 saturated heterocycles. The van der Waals surface area contributed by atoms with Crippen LogP contribution >= 0.6 is 0 Å². The van der Waals surface area contributed by atoms with Crippen LogP contribution in [0.2, 0.25) is 0 Å². The van der Waals surface area contributed by atoms with Gasteiger partial charge in [-0.25, -0.2) is 0 Å². The van der Waals surface area contributed by atoms with E-state index in [2.05, 4.69) is 31.7 Å². The minimum Gasteiger partial charge on any atom is -0.373 e. The lowest BCUT2D eigenvalue weighted by Gasteiger charge is -2.08. The fourth-order valence-corrected chi connectivity index (χ4v) is 1.92. The van der Waals surface area contributed by atoms with Gasteiger partial charge in [-0.3, -0.25) is 0 Å². The van der Waals surface area contributed by atoms with Gasteiger partial charge in [0.2, 0.25) is 0 Å². The summed E-state index contributed by atoms with van der Waals surface area (Å²) in [5.74, 6) is 0.0982. The van der Waals surface area contributed by atoms with E-state index in [1.54, 1.807) is 6.08 Å². The monoisotopic (exact) mass is 272 g/mol. The van der Waals surface area contributed by atoms with Gasteiger partial charge in [-0.2, -0.15) is 0 Å². The van der Waals surface area contributed by atoms with Gasteiger partial charge in [0.25, 0.3) is 0 Å². The number of benzene rings is 1. The van der Waals surface area contributed by atoms with Gasteiger partial charge in [-0.05, 0) is 31.7 Å². The topological polar surface area (TPSA) is 26.3 Å². The highest BCUT2D eigenvalue weighted by Crippen LogP contribution is 2.14. The highest BCUT2D eigenvalue weighted by Gasteiger charge is 2.04. The fraction of sp³-hybridized carbons (Fsp3) is 0.389. The average Bonchev–Trinajstić information content (AvgIpc) is 2.49. The third-order valence-corrected chi connectivity index (χ3v) is 3.23. The molecule has 1 rings (SSSR count). The molecule has 0 aliphatic carbocycles. The Kier molecular flexibility index (Phi) is 8.32. The molecule has 1 aromatic rings. The van der Waals surface area contributed by atoms with Crippen molar-refractivity contribution < 1.29 is 9.53 Å². The first kappa shape index (κ1) is 16.4.